The van der Waals surface area contributed by atoms with E-state index in [2.05, 4.69) is 21.7 Å². The Hall–Kier alpha value is -2.97. The molecular formula is C30H38F2N4OS. The van der Waals surface area contributed by atoms with Crippen molar-refractivity contribution in [1.29, 1.82) is 0 Å². The predicted molar refractivity (Wildman–Crippen MR) is 153 cm³/mol. The molecule has 0 bridgehead atoms. The largest absolute Gasteiger partial charge is 0.395 e. The number of anilines is 1. The summed E-state index contributed by atoms with van der Waals surface area (Å²) in [5, 5.41) is 19.0. The Labute approximate surface area is 229 Å². The van der Waals surface area contributed by atoms with Crippen LogP contribution in [0.15, 0.2) is 77.7 Å². The van der Waals surface area contributed by atoms with Gasteiger partial charge in [-0.1, -0.05) is 50.7 Å². The van der Waals surface area contributed by atoms with Gasteiger partial charge in [0.1, 0.15) is 17.5 Å². The smallest absolute Gasteiger partial charge is 0.196 e. The van der Waals surface area contributed by atoms with E-state index >= 15 is 0 Å². The molecule has 0 amide bonds. The van der Waals surface area contributed by atoms with Gasteiger partial charge in [-0.25, -0.2) is 8.78 Å². The van der Waals surface area contributed by atoms with Crippen molar-refractivity contribution >= 4 is 17.4 Å². The summed E-state index contributed by atoms with van der Waals surface area (Å²) in [7, 11) is 1.94. The van der Waals surface area contributed by atoms with Gasteiger partial charge in [-0.2, -0.15) is 0 Å². The highest BCUT2D eigenvalue weighted by Gasteiger charge is 2.27. The third kappa shape index (κ3) is 7.54. The molecule has 4 rings (SSSR count). The second-order valence-corrected chi connectivity index (χ2v) is 10.0. The molecule has 0 aliphatic heterocycles. The maximum atomic E-state index is 13.9. The van der Waals surface area contributed by atoms with Crippen molar-refractivity contribution in [3.8, 4) is 5.69 Å². The van der Waals surface area contributed by atoms with Crippen molar-refractivity contribution in [2.24, 2.45) is 5.92 Å². The molecule has 1 heterocycles. The zero-order chi connectivity index (χ0) is 27.5. The van der Waals surface area contributed by atoms with Crippen LogP contribution in [0.1, 0.15) is 56.7 Å². The number of aryl methyl sites for hydroxylation is 1. The number of benzene rings is 2. The molecule has 0 saturated carbocycles. The Morgan fingerprint density at radius 1 is 1.08 bits per heavy atom. The molecule has 38 heavy (non-hydrogen) atoms. The van der Waals surface area contributed by atoms with E-state index in [4.69, 9.17) is 0 Å². The van der Waals surface area contributed by atoms with E-state index in [1.165, 1.54) is 18.2 Å². The maximum Gasteiger partial charge on any atom is 0.196 e. The first kappa shape index (κ1) is 29.6. The van der Waals surface area contributed by atoms with E-state index in [0.717, 1.165) is 47.2 Å². The number of likely N-dealkylation sites (N-methyl/N-ethyl adjacent to an activating group) is 1. The van der Waals surface area contributed by atoms with Gasteiger partial charge in [0, 0.05) is 36.6 Å². The average molecular weight is 541 g/mol. The van der Waals surface area contributed by atoms with Crippen molar-refractivity contribution in [3.63, 3.8) is 0 Å². The van der Waals surface area contributed by atoms with Gasteiger partial charge in [0.05, 0.1) is 6.61 Å². The third-order valence-electron chi connectivity index (χ3n) is 6.32. The van der Waals surface area contributed by atoms with Gasteiger partial charge in [0.2, 0.25) is 0 Å². The number of aliphatic hydroxyl groups excluding tert-OH is 1. The summed E-state index contributed by atoms with van der Waals surface area (Å²) in [6.07, 6.45) is 8.18. The standard InChI is InChI=1S/C28H32F2N4OS.C2H6/c1-3-5-26-31-32-28(34(26)25-16-14-24(15-17-25)33(2)18-19-35)36-27(21-9-12-23(30)13-10-21)20-6-4-7-22(29)11-8-20;1-2/h7-17,20,27,35H,3-6,18-19H2,1-2H3;1-2H3. The Kier molecular flexibility index (Phi) is 11.5. The van der Waals surface area contributed by atoms with Gasteiger partial charge in [-0.15, -0.1) is 10.2 Å². The molecule has 1 aliphatic rings. The van der Waals surface area contributed by atoms with Crippen molar-refractivity contribution in [3.05, 3.63) is 89.8 Å². The summed E-state index contributed by atoms with van der Waals surface area (Å²) in [6.45, 7) is 6.75. The first-order chi connectivity index (χ1) is 18.5. The van der Waals surface area contributed by atoms with Crippen LogP contribution in [0.4, 0.5) is 14.5 Å². The maximum absolute atomic E-state index is 13.9. The van der Waals surface area contributed by atoms with E-state index in [0.29, 0.717) is 13.0 Å². The molecule has 1 N–H and O–H groups in total. The number of rotatable bonds is 10. The van der Waals surface area contributed by atoms with E-state index in [1.54, 1.807) is 30.0 Å². The van der Waals surface area contributed by atoms with Gasteiger partial charge < -0.3 is 10.0 Å². The average Bonchev–Trinajstić information content (AvgIpc) is 3.20. The summed E-state index contributed by atoms with van der Waals surface area (Å²) in [5.41, 5.74) is 2.93. The summed E-state index contributed by atoms with van der Waals surface area (Å²) in [5.74, 6) is 0.406. The molecule has 2 atom stereocenters. The highest BCUT2D eigenvalue weighted by molar-refractivity contribution is 7.99. The van der Waals surface area contributed by atoms with Gasteiger partial charge in [0.15, 0.2) is 5.16 Å². The number of hydrogen-bond acceptors (Lipinski definition) is 5. The van der Waals surface area contributed by atoms with Crippen LogP contribution >= 0.6 is 11.8 Å². The quantitative estimate of drug-likeness (QED) is 0.270. The molecule has 2 aromatic carbocycles. The van der Waals surface area contributed by atoms with Crippen LogP contribution in [-0.2, 0) is 6.42 Å². The van der Waals surface area contributed by atoms with Crippen LogP contribution in [0.5, 0.6) is 0 Å². The van der Waals surface area contributed by atoms with Crippen LogP contribution in [-0.4, -0.2) is 40.1 Å². The fourth-order valence-corrected chi connectivity index (χ4v) is 5.70. The minimum Gasteiger partial charge on any atom is -0.395 e. The second-order valence-electron chi connectivity index (χ2n) is 8.93. The molecule has 2 unspecified atom stereocenters. The van der Waals surface area contributed by atoms with Crippen LogP contribution < -0.4 is 4.90 Å². The lowest BCUT2D eigenvalue weighted by Crippen LogP contribution is -2.21. The highest BCUT2D eigenvalue weighted by Crippen LogP contribution is 2.44. The topological polar surface area (TPSA) is 54.2 Å². The van der Waals surface area contributed by atoms with E-state index in [9.17, 15) is 13.9 Å². The van der Waals surface area contributed by atoms with Gasteiger partial charge in [0.25, 0.3) is 0 Å². The molecule has 8 heteroatoms. The van der Waals surface area contributed by atoms with Gasteiger partial charge in [-0.05, 0) is 79.3 Å². The van der Waals surface area contributed by atoms with Crippen LogP contribution in [0, 0.1) is 11.7 Å². The van der Waals surface area contributed by atoms with Crippen LogP contribution in [0.25, 0.3) is 5.69 Å². The third-order valence-corrected chi connectivity index (χ3v) is 7.67. The minimum absolute atomic E-state index is 0.0410. The normalized spacial score (nSPS) is 15.8. The number of nitrogens with zero attached hydrogens (tertiary/aromatic N) is 4. The fourth-order valence-electron chi connectivity index (χ4n) is 4.37. The highest BCUT2D eigenvalue weighted by atomic mass is 32.2. The molecule has 5 nitrogen and oxygen atoms in total. The number of allylic oxidation sites excluding steroid dienone is 4. The molecule has 0 spiro atoms. The van der Waals surface area contributed by atoms with Crippen molar-refractivity contribution < 1.29 is 13.9 Å². The Morgan fingerprint density at radius 2 is 1.79 bits per heavy atom. The molecular weight excluding hydrogens is 502 g/mol. The first-order valence-electron chi connectivity index (χ1n) is 13.3. The number of hydrogen-bond donors (Lipinski definition) is 1. The summed E-state index contributed by atoms with van der Waals surface area (Å²) in [4.78, 5) is 1.99. The first-order valence-corrected chi connectivity index (χ1v) is 14.2. The van der Waals surface area contributed by atoms with Crippen LogP contribution in [0.3, 0.4) is 0 Å². The SMILES string of the molecule is CC.CCCc1nnc(SC(c2ccc(F)cc2)C2C=CC(F)=CCC2)n1-c1ccc(N(C)CCO)cc1. The lowest BCUT2D eigenvalue weighted by atomic mass is 9.94. The van der Waals surface area contributed by atoms with E-state index in [1.807, 2.05) is 56.1 Å². The minimum atomic E-state index is -0.286. The molecule has 1 aliphatic carbocycles. The molecule has 0 saturated heterocycles. The van der Waals surface area contributed by atoms with Crippen molar-refractivity contribution in [2.75, 3.05) is 25.1 Å². The summed E-state index contributed by atoms with van der Waals surface area (Å²) in [6, 6.07) is 14.7. The fraction of sp³-hybridized carbons (Fsp3) is 0.400. The Balaban J connectivity index is 0.00000195. The summed E-state index contributed by atoms with van der Waals surface area (Å²) >= 11 is 1.58. The van der Waals surface area contributed by atoms with E-state index in [-0.39, 0.29) is 29.4 Å². The predicted octanol–water partition coefficient (Wildman–Crippen LogP) is 7.47. The summed E-state index contributed by atoms with van der Waals surface area (Å²) < 4.78 is 29.8. The van der Waals surface area contributed by atoms with Crippen molar-refractivity contribution in [1.82, 2.24) is 14.8 Å². The molecule has 3 aromatic rings. The van der Waals surface area contributed by atoms with Crippen LogP contribution in [0.2, 0.25) is 0 Å². The number of aliphatic hydroxyl groups is 1. The van der Waals surface area contributed by atoms with Gasteiger partial charge >= 0.3 is 0 Å². The molecule has 1 aromatic heterocycles. The number of thioether (sulfide) groups is 1. The Morgan fingerprint density at radius 3 is 2.45 bits per heavy atom. The zero-order valence-corrected chi connectivity index (χ0v) is 23.5. The molecule has 0 radical (unpaired) electrons. The lowest BCUT2D eigenvalue weighted by Gasteiger charge is -2.24. The Bertz CT molecular complexity index is 1190. The van der Waals surface area contributed by atoms with Gasteiger partial charge in [-0.3, -0.25) is 4.57 Å². The number of aromatic nitrogens is 3. The zero-order valence-electron chi connectivity index (χ0n) is 22.6. The van der Waals surface area contributed by atoms with E-state index < -0.39 is 0 Å². The second kappa shape index (κ2) is 14.8. The molecule has 0 fully saturated rings. The monoisotopic (exact) mass is 540 g/mol. The molecule has 204 valence electrons. The number of halogens is 2. The lowest BCUT2D eigenvalue weighted by molar-refractivity contribution is 0.304. The van der Waals surface area contributed by atoms with Crippen molar-refractivity contribution in [2.45, 2.75) is 56.9 Å².